The van der Waals surface area contributed by atoms with E-state index >= 15 is 0 Å². The molecule has 18 nitrogen and oxygen atoms in total. The number of hydrogen-bond acceptors (Lipinski definition) is 12. The van der Waals surface area contributed by atoms with E-state index in [1.54, 1.807) is 37.3 Å². The van der Waals surface area contributed by atoms with Gasteiger partial charge in [-0.25, -0.2) is 55.3 Å². The number of amides is 6. The van der Waals surface area contributed by atoms with Gasteiger partial charge in [0.15, 0.2) is 11.6 Å². The number of nitrogens with two attached hydrogens (primary N) is 1. The molecule has 23 heteroatoms. The van der Waals surface area contributed by atoms with Crippen molar-refractivity contribution in [3.05, 3.63) is 129 Å². The van der Waals surface area contributed by atoms with Gasteiger partial charge in [0.25, 0.3) is 11.8 Å². The molecule has 0 atom stereocenters. The molecule has 382 valence electrons. The number of fused-ring (bicyclic) bond motifs is 2. The van der Waals surface area contributed by atoms with Gasteiger partial charge in [-0.3, -0.25) is 9.59 Å². The average Bonchev–Trinajstić information content (AvgIpc) is 3.35. The highest BCUT2D eigenvalue weighted by Crippen LogP contribution is 2.41. The summed E-state index contributed by atoms with van der Waals surface area (Å²) in [5.74, 6) is -4.50. The van der Waals surface area contributed by atoms with Crippen molar-refractivity contribution in [2.45, 2.75) is 65.2 Å². The Kier molecular flexibility index (Phi) is 16.3. The maximum atomic E-state index is 14.8. The van der Waals surface area contributed by atoms with Gasteiger partial charge in [0.2, 0.25) is 20.9 Å². The molecule has 0 bridgehead atoms. The molecule has 7 N–H and O–H groups in total. The number of aryl methyl sites for hydroxylation is 2. The van der Waals surface area contributed by atoms with Crippen LogP contribution in [0.25, 0.3) is 22.5 Å². The van der Waals surface area contributed by atoms with Crippen LogP contribution in [0.15, 0.2) is 78.0 Å². The predicted octanol–water partition coefficient (Wildman–Crippen LogP) is 7.63. The van der Waals surface area contributed by atoms with Gasteiger partial charge < -0.3 is 32.3 Å². The average molecular weight is 1030 g/mol. The fourth-order valence-corrected chi connectivity index (χ4v) is 8.34. The minimum absolute atomic E-state index is 0.0326. The van der Waals surface area contributed by atoms with Crippen molar-refractivity contribution in [3.63, 3.8) is 0 Å². The van der Waals surface area contributed by atoms with Crippen molar-refractivity contribution < 1.29 is 45.2 Å². The van der Waals surface area contributed by atoms with Crippen LogP contribution in [-0.2, 0) is 22.9 Å². The van der Waals surface area contributed by atoms with E-state index in [0.717, 1.165) is 59.9 Å². The maximum Gasteiger partial charge on any atom is 0.328 e. The number of carbonyl (C=O) groups excluding carboxylic acids is 4. The number of nitrogens with one attached hydrogen (secondary N) is 5. The molecule has 4 aromatic carbocycles. The minimum atomic E-state index is -4.01. The van der Waals surface area contributed by atoms with Crippen LogP contribution in [0, 0.1) is 37.1 Å². The van der Waals surface area contributed by atoms with E-state index in [4.69, 9.17) is 5.73 Å². The Bertz CT molecular complexity index is 3210. The molecule has 0 unspecified atom stereocenters. The number of sulfone groups is 1. The number of carbonyl (C=O) groups is 4. The highest BCUT2D eigenvalue weighted by Gasteiger charge is 2.37. The number of aromatic nitrogens is 4. The standard InChI is InChI=1S/C26H29F2N7O2.C24H23F2N5O4S/c1-3-11-30-24(36)16-9-8-15(2)17(13-16)21-18-14-32-26(37)35(22-19(27)6-4-7-20(22)28)23(18)34-25(33-21)31-12-5-10-29;1-4-10-27-22(32)14-9-8-13(2)15(11-14)19-16-12-28-24(33)31(20-17(25)6-5-7-18(20)26)21(16)30-23(29-19)36(3,34)35/h4,6-9,13H,3,5,10-12,14,29H2,1-2H3,(H,30,36)(H,32,37)(H,31,33,34);5-9,11H,4,10,12H2,1-3H3,(H,27,32)(H,28,33). The number of urea groups is 2. The summed E-state index contributed by atoms with van der Waals surface area (Å²) in [5, 5.41) is 13.3. The molecule has 6 amide bonds. The van der Waals surface area contributed by atoms with Crippen molar-refractivity contribution in [1.29, 1.82) is 0 Å². The summed E-state index contributed by atoms with van der Waals surface area (Å²) in [4.78, 5) is 70.0. The highest BCUT2D eigenvalue weighted by molar-refractivity contribution is 7.90. The van der Waals surface area contributed by atoms with E-state index in [1.165, 1.54) is 6.07 Å². The molecular weight excluding hydrogens is 973 g/mol. The monoisotopic (exact) mass is 1020 g/mol. The topological polar surface area (TPSA) is 247 Å². The molecule has 4 heterocycles. The fraction of sp³-hybridized carbons (Fsp3) is 0.280. The Hall–Kier alpha value is -8.05. The first-order chi connectivity index (χ1) is 34.9. The molecule has 8 rings (SSSR count). The smallest absolute Gasteiger partial charge is 0.328 e. The fourth-order valence-electron chi connectivity index (χ4n) is 7.83. The summed E-state index contributed by atoms with van der Waals surface area (Å²) in [6.45, 7) is 9.29. The van der Waals surface area contributed by atoms with Gasteiger partial charge in [0.1, 0.15) is 34.6 Å². The van der Waals surface area contributed by atoms with Gasteiger partial charge in [-0.1, -0.05) is 38.1 Å². The Balaban J connectivity index is 0.000000214. The van der Waals surface area contributed by atoms with Crippen LogP contribution < -0.4 is 42.1 Å². The third kappa shape index (κ3) is 11.4. The Morgan fingerprint density at radius 2 is 1.10 bits per heavy atom. The first-order valence-electron chi connectivity index (χ1n) is 23.2. The second kappa shape index (κ2) is 22.6. The predicted molar refractivity (Wildman–Crippen MR) is 266 cm³/mol. The largest absolute Gasteiger partial charge is 0.354 e. The first kappa shape index (κ1) is 52.8. The van der Waals surface area contributed by atoms with E-state index in [9.17, 15) is 45.2 Å². The van der Waals surface area contributed by atoms with Crippen LogP contribution in [0.2, 0.25) is 0 Å². The van der Waals surface area contributed by atoms with Crippen LogP contribution >= 0.6 is 0 Å². The Labute approximate surface area is 418 Å². The maximum absolute atomic E-state index is 14.8. The molecule has 2 aromatic heterocycles. The van der Waals surface area contributed by atoms with Crippen molar-refractivity contribution in [3.8, 4) is 22.5 Å². The molecule has 0 fully saturated rings. The highest BCUT2D eigenvalue weighted by atomic mass is 32.2. The van der Waals surface area contributed by atoms with Crippen molar-refractivity contribution >= 4 is 62.7 Å². The lowest BCUT2D eigenvalue weighted by molar-refractivity contribution is 0.0945. The Morgan fingerprint density at radius 1 is 0.658 bits per heavy atom. The molecule has 0 saturated carbocycles. The zero-order valence-corrected chi connectivity index (χ0v) is 41.2. The lowest BCUT2D eigenvalue weighted by atomic mass is 9.97. The van der Waals surface area contributed by atoms with Gasteiger partial charge in [-0.2, -0.15) is 9.97 Å². The molecule has 0 radical (unpaired) electrons. The summed E-state index contributed by atoms with van der Waals surface area (Å²) in [6.07, 6.45) is 3.05. The Morgan fingerprint density at radius 3 is 1.52 bits per heavy atom. The second-order valence-electron chi connectivity index (χ2n) is 16.9. The van der Waals surface area contributed by atoms with Crippen LogP contribution in [-0.4, -0.2) is 84.7 Å². The minimum Gasteiger partial charge on any atom is -0.354 e. The lowest BCUT2D eigenvalue weighted by Crippen LogP contribution is -2.43. The first-order valence-corrected chi connectivity index (χ1v) is 25.1. The molecule has 0 spiro atoms. The summed E-state index contributed by atoms with van der Waals surface area (Å²) < 4.78 is 84.0. The van der Waals surface area contributed by atoms with Gasteiger partial charge in [-0.15, -0.1) is 0 Å². The number of hydrogen-bond donors (Lipinski definition) is 6. The lowest BCUT2D eigenvalue weighted by Gasteiger charge is -2.31. The number of nitrogens with zero attached hydrogens (tertiary/aromatic N) is 6. The molecule has 2 aliphatic rings. The molecule has 73 heavy (non-hydrogen) atoms. The number of anilines is 5. The normalized spacial score (nSPS) is 13.0. The van der Waals surface area contributed by atoms with Crippen molar-refractivity contribution in [2.75, 3.05) is 47.6 Å². The van der Waals surface area contributed by atoms with Crippen molar-refractivity contribution in [2.24, 2.45) is 5.73 Å². The SMILES string of the molecule is CCCNC(=O)c1ccc(C)c(-c2nc(NCCCN)nc3c2CNC(=O)N3c2c(F)cccc2F)c1.CCCNC(=O)c1ccc(C)c(-c2nc(S(C)(=O)=O)nc3c2CNC(=O)N3c2c(F)cccc2F)c1. The van der Waals surface area contributed by atoms with E-state index in [2.05, 4.69) is 46.5 Å². The van der Waals surface area contributed by atoms with Gasteiger partial charge in [0.05, 0.1) is 24.5 Å². The van der Waals surface area contributed by atoms with Crippen LogP contribution in [0.4, 0.5) is 56.1 Å². The summed E-state index contributed by atoms with van der Waals surface area (Å²) in [5.41, 5.74) is 8.89. The van der Waals surface area contributed by atoms with E-state index in [-0.39, 0.29) is 53.7 Å². The molecule has 6 aromatic rings. The van der Waals surface area contributed by atoms with Crippen LogP contribution in [0.1, 0.15) is 76.1 Å². The number of para-hydroxylation sites is 2. The number of halogens is 4. The van der Waals surface area contributed by atoms with Gasteiger partial charge >= 0.3 is 12.1 Å². The number of benzene rings is 4. The third-order valence-electron chi connectivity index (χ3n) is 11.5. The molecule has 0 aliphatic carbocycles. The van der Waals surface area contributed by atoms with Crippen LogP contribution in [0.3, 0.4) is 0 Å². The zero-order valence-electron chi connectivity index (χ0n) is 40.4. The van der Waals surface area contributed by atoms with Crippen molar-refractivity contribution in [1.82, 2.24) is 41.2 Å². The third-order valence-corrected chi connectivity index (χ3v) is 12.4. The van der Waals surface area contributed by atoms with Crippen LogP contribution in [0.5, 0.6) is 0 Å². The quantitative estimate of drug-likeness (QED) is 0.0330. The summed E-state index contributed by atoms with van der Waals surface area (Å²) >= 11 is 0. The zero-order chi connectivity index (χ0) is 52.7. The van der Waals surface area contributed by atoms with Gasteiger partial charge in [-0.05, 0) is 99.3 Å². The van der Waals surface area contributed by atoms with E-state index < -0.39 is 61.7 Å². The van der Waals surface area contributed by atoms with E-state index in [0.29, 0.717) is 76.6 Å². The van der Waals surface area contributed by atoms with E-state index in [1.807, 2.05) is 26.8 Å². The summed E-state index contributed by atoms with van der Waals surface area (Å²) in [7, 11) is -4.01. The molecular formula is C50H52F4N12O6S. The molecule has 2 aliphatic heterocycles. The second-order valence-corrected chi connectivity index (χ2v) is 18.8. The molecule has 0 saturated heterocycles. The van der Waals surface area contributed by atoms with Gasteiger partial charge in [0, 0.05) is 59.3 Å². The number of rotatable bonds is 15. The summed E-state index contributed by atoms with van der Waals surface area (Å²) in [6, 6.07) is 15.0.